The molecule has 1 aromatic rings. The van der Waals surface area contributed by atoms with E-state index < -0.39 is 0 Å². The maximum atomic E-state index is 6.06. The summed E-state index contributed by atoms with van der Waals surface area (Å²) in [6, 6.07) is 7.61. The molecule has 0 amide bonds. The fourth-order valence-electron chi connectivity index (χ4n) is 2.52. The minimum Gasteiger partial charge on any atom is -0.497 e. The van der Waals surface area contributed by atoms with Crippen LogP contribution in [0.4, 0.5) is 0 Å². The van der Waals surface area contributed by atoms with Gasteiger partial charge in [-0.25, -0.2) is 0 Å². The molecule has 0 spiro atoms. The van der Waals surface area contributed by atoms with Gasteiger partial charge in [-0.1, -0.05) is 12.8 Å². The van der Waals surface area contributed by atoms with Crippen molar-refractivity contribution in [3.05, 3.63) is 24.3 Å². The Morgan fingerprint density at radius 2 is 1.73 bits per heavy atom. The molecule has 5 nitrogen and oxygen atoms in total. The summed E-state index contributed by atoms with van der Waals surface area (Å²) in [5.74, 6) is 2.37. The highest BCUT2D eigenvalue weighted by atomic mass is 16.5. The molecular formula is C17H27N3O2. The molecule has 1 aromatic carbocycles. The lowest BCUT2D eigenvalue weighted by molar-refractivity contribution is 0.312. The first-order chi connectivity index (χ1) is 10.8. The van der Waals surface area contributed by atoms with Gasteiger partial charge in [-0.3, -0.25) is 4.99 Å². The second-order valence-corrected chi connectivity index (χ2v) is 5.52. The van der Waals surface area contributed by atoms with Gasteiger partial charge >= 0.3 is 0 Å². The molecular weight excluding hydrogens is 278 g/mol. The molecule has 0 saturated carbocycles. The first kappa shape index (κ1) is 16.5. The lowest BCUT2D eigenvalue weighted by Gasteiger charge is -2.21. The zero-order valence-electron chi connectivity index (χ0n) is 13.5. The molecule has 1 saturated heterocycles. The van der Waals surface area contributed by atoms with Gasteiger partial charge in [0, 0.05) is 26.1 Å². The fraction of sp³-hybridized carbons (Fsp3) is 0.588. The first-order valence-corrected chi connectivity index (χ1v) is 8.11. The van der Waals surface area contributed by atoms with Crippen LogP contribution in [0, 0.1) is 0 Å². The lowest BCUT2D eigenvalue weighted by Crippen LogP contribution is -2.38. The van der Waals surface area contributed by atoms with Crippen molar-refractivity contribution in [3.8, 4) is 11.5 Å². The van der Waals surface area contributed by atoms with Gasteiger partial charge < -0.3 is 20.1 Å². The minimum absolute atomic E-state index is 0.642. The van der Waals surface area contributed by atoms with Gasteiger partial charge in [0.2, 0.25) is 0 Å². The summed E-state index contributed by atoms with van der Waals surface area (Å²) in [5.41, 5.74) is 6.06. The second-order valence-electron chi connectivity index (χ2n) is 5.52. The summed E-state index contributed by atoms with van der Waals surface area (Å²) in [6.45, 7) is 3.43. The van der Waals surface area contributed by atoms with Crippen molar-refractivity contribution < 1.29 is 9.47 Å². The van der Waals surface area contributed by atoms with E-state index in [1.807, 2.05) is 24.3 Å². The van der Waals surface area contributed by atoms with Crippen LogP contribution in [-0.4, -0.2) is 44.2 Å². The molecule has 0 aliphatic carbocycles. The molecule has 2 rings (SSSR count). The molecule has 0 bridgehead atoms. The van der Waals surface area contributed by atoms with Crippen molar-refractivity contribution in [1.82, 2.24) is 4.90 Å². The standard InChI is InChI=1S/C17H27N3O2/c1-21-15-7-9-16(10-8-15)22-14-6-11-19-17(18)20-12-4-2-3-5-13-20/h7-10H,2-6,11-14H2,1H3,(H2,18,19). The molecule has 0 atom stereocenters. The van der Waals surface area contributed by atoms with Crippen LogP contribution in [-0.2, 0) is 0 Å². The maximum absolute atomic E-state index is 6.06. The van der Waals surface area contributed by atoms with Crippen LogP contribution in [0.2, 0.25) is 0 Å². The zero-order valence-corrected chi connectivity index (χ0v) is 13.5. The number of hydrogen-bond donors (Lipinski definition) is 1. The van der Waals surface area contributed by atoms with Crippen LogP contribution in [0.15, 0.2) is 29.3 Å². The molecule has 0 aromatic heterocycles. The summed E-state index contributed by atoms with van der Waals surface area (Å²) >= 11 is 0. The number of aliphatic imine (C=N–C) groups is 1. The number of hydrogen-bond acceptors (Lipinski definition) is 3. The summed E-state index contributed by atoms with van der Waals surface area (Å²) in [4.78, 5) is 6.67. The number of methoxy groups -OCH3 is 1. The van der Waals surface area contributed by atoms with Crippen molar-refractivity contribution >= 4 is 5.96 Å². The van der Waals surface area contributed by atoms with Crippen molar-refractivity contribution in [2.24, 2.45) is 10.7 Å². The molecule has 0 unspecified atom stereocenters. The highest BCUT2D eigenvalue weighted by Crippen LogP contribution is 2.17. The third-order valence-electron chi connectivity index (χ3n) is 3.83. The van der Waals surface area contributed by atoms with E-state index >= 15 is 0 Å². The summed E-state index contributed by atoms with van der Waals surface area (Å²) in [7, 11) is 1.66. The molecule has 2 N–H and O–H groups in total. The van der Waals surface area contributed by atoms with Crippen LogP contribution >= 0.6 is 0 Å². The average Bonchev–Trinajstić information content (AvgIpc) is 2.84. The number of nitrogens with zero attached hydrogens (tertiary/aromatic N) is 2. The lowest BCUT2D eigenvalue weighted by atomic mass is 10.2. The van der Waals surface area contributed by atoms with Gasteiger partial charge in [0.05, 0.1) is 13.7 Å². The third-order valence-corrected chi connectivity index (χ3v) is 3.83. The SMILES string of the molecule is COc1ccc(OCCCN=C(N)N2CCCCCC2)cc1. The van der Waals surface area contributed by atoms with Crippen molar-refractivity contribution in [2.45, 2.75) is 32.1 Å². The molecule has 22 heavy (non-hydrogen) atoms. The van der Waals surface area contributed by atoms with Gasteiger partial charge in [-0.05, 0) is 37.1 Å². The van der Waals surface area contributed by atoms with E-state index in [0.29, 0.717) is 19.1 Å². The Morgan fingerprint density at radius 3 is 2.36 bits per heavy atom. The number of benzene rings is 1. The van der Waals surface area contributed by atoms with Gasteiger partial charge in [0.25, 0.3) is 0 Å². The first-order valence-electron chi connectivity index (χ1n) is 8.11. The zero-order chi connectivity index (χ0) is 15.6. The topological polar surface area (TPSA) is 60.1 Å². The quantitative estimate of drug-likeness (QED) is 0.499. The largest absolute Gasteiger partial charge is 0.497 e. The molecule has 1 heterocycles. The molecule has 1 aliphatic rings. The summed E-state index contributed by atoms with van der Waals surface area (Å²) in [6.07, 6.45) is 5.91. The van der Waals surface area contributed by atoms with Crippen LogP contribution < -0.4 is 15.2 Å². The molecule has 1 aliphatic heterocycles. The van der Waals surface area contributed by atoms with Gasteiger partial charge in [0.15, 0.2) is 5.96 Å². The Labute approximate surface area is 133 Å². The number of ether oxygens (including phenoxy) is 2. The Bertz CT molecular complexity index is 451. The molecule has 1 fully saturated rings. The number of rotatable bonds is 6. The van der Waals surface area contributed by atoms with E-state index in [1.54, 1.807) is 7.11 Å². The molecule has 5 heteroatoms. The van der Waals surface area contributed by atoms with Crippen LogP contribution in [0.25, 0.3) is 0 Å². The van der Waals surface area contributed by atoms with Crippen LogP contribution in [0.1, 0.15) is 32.1 Å². The van der Waals surface area contributed by atoms with E-state index in [2.05, 4.69) is 9.89 Å². The predicted octanol–water partition coefficient (Wildman–Crippen LogP) is 2.65. The van der Waals surface area contributed by atoms with E-state index in [0.717, 1.165) is 31.0 Å². The van der Waals surface area contributed by atoms with Crippen molar-refractivity contribution in [2.75, 3.05) is 33.4 Å². The molecule has 0 radical (unpaired) electrons. The predicted molar refractivity (Wildman–Crippen MR) is 89.6 cm³/mol. The van der Waals surface area contributed by atoms with Crippen LogP contribution in [0.5, 0.6) is 11.5 Å². The fourth-order valence-corrected chi connectivity index (χ4v) is 2.52. The van der Waals surface area contributed by atoms with E-state index in [9.17, 15) is 0 Å². The maximum Gasteiger partial charge on any atom is 0.191 e. The third kappa shape index (κ3) is 5.47. The molecule has 122 valence electrons. The summed E-state index contributed by atoms with van der Waals surface area (Å²) in [5, 5.41) is 0. The highest BCUT2D eigenvalue weighted by molar-refractivity contribution is 5.78. The number of guanidine groups is 1. The van der Waals surface area contributed by atoms with Gasteiger partial charge in [0.1, 0.15) is 11.5 Å². The Balaban J connectivity index is 1.65. The van der Waals surface area contributed by atoms with Crippen molar-refractivity contribution in [1.29, 1.82) is 0 Å². The highest BCUT2D eigenvalue weighted by Gasteiger charge is 2.10. The number of nitrogens with two attached hydrogens (primary N) is 1. The Hall–Kier alpha value is -1.91. The monoisotopic (exact) mass is 305 g/mol. The van der Waals surface area contributed by atoms with Crippen molar-refractivity contribution in [3.63, 3.8) is 0 Å². The van der Waals surface area contributed by atoms with Gasteiger partial charge in [-0.2, -0.15) is 0 Å². The normalized spacial score (nSPS) is 16.2. The van der Waals surface area contributed by atoms with E-state index in [-0.39, 0.29) is 0 Å². The number of likely N-dealkylation sites (tertiary alicyclic amines) is 1. The Kier molecular flexibility index (Phi) is 6.87. The Morgan fingerprint density at radius 1 is 1.09 bits per heavy atom. The smallest absolute Gasteiger partial charge is 0.191 e. The van der Waals surface area contributed by atoms with Gasteiger partial charge in [-0.15, -0.1) is 0 Å². The summed E-state index contributed by atoms with van der Waals surface area (Å²) < 4.78 is 10.8. The van der Waals surface area contributed by atoms with E-state index in [1.165, 1.54) is 25.7 Å². The second kappa shape index (κ2) is 9.18. The average molecular weight is 305 g/mol. The minimum atomic E-state index is 0.642. The van der Waals surface area contributed by atoms with E-state index in [4.69, 9.17) is 15.2 Å². The van der Waals surface area contributed by atoms with Crippen LogP contribution in [0.3, 0.4) is 0 Å².